The Morgan fingerprint density at radius 3 is 2.57 bits per heavy atom. The third-order valence-corrected chi connectivity index (χ3v) is 1.09. The quantitative estimate of drug-likeness (QED) is 0.298. The normalized spacial score (nSPS) is 17.9. The molecule has 0 aromatic carbocycles. The van der Waals surface area contributed by atoms with Crippen LogP contribution in [0.1, 0.15) is 0 Å². The molecule has 36 valence electrons. The smallest absolute Gasteiger partial charge is 0.0573 e. The molecule has 4 nitrogen and oxygen atoms in total. The highest BCUT2D eigenvalue weighted by Gasteiger charge is 2.14. The molecule has 0 amide bonds. The van der Waals surface area contributed by atoms with Gasteiger partial charge in [-0.2, -0.15) is 0 Å². The van der Waals surface area contributed by atoms with Crippen molar-refractivity contribution in [2.75, 3.05) is 0 Å². The summed E-state index contributed by atoms with van der Waals surface area (Å²) in [6.07, 6.45) is 0. The van der Waals surface area contributed by atoms with Crippen LogP contribution < -0.4 is 0 Å². The van der Waals surface area contributed by atoms with Gasteiger partial charge >= 0.3 is 5.11 Å². The van der Waals surface area contributed by atoms with E-state index in [1.54, 1.807) is 0 Å². The maximum absolute atomic E-state index is 4.54. The number of hydrogen-bond acceptors (Lipinski definition) is 3. The van der Waals surface area contributed by atoms with Gasteiger partial charge in [0.05, 0.1) is 0 Å². The summed E-state index contributed by atoms with van der Waals surface area (Å²) in [4.78, 5) is 0. The van der Waals surface area contributed by atoms with Crippen molar-refractivity contribution in [3.05, 3.63) is 0 Å². The van der Waals surface area contributed by atoms with Gasteiger partial charge in [0.1, 0.15) is 10.3 Å². The van der Waals surface area contributed by atoms with Crippen LogP contribution in [0.2, 0.25) is 0 Å². The molecular weight excluding hydrogens is 132 g/mol. The summed E-state index contributed by atoms with van der Waals surface area (Å²) < 4.78 is 1.12. The van der Waals surface area contributed by atoms with Gasteiger partial charge in [0.15, 0.2) is 0 Å². The minimum Gasteiger partial charge on any atom is -0.0573 e. The lowest BCUT2D eigenvalue weighted by molar-refractivity contribution is -0.277. The predicted octanol–water partition coefficient (Wildman–Crippen LogP) is 0.962. The lowest BCUT2D eigenvalue weighted by atomic mass is 11.2. The summed E-state index contributed by atoms with van der Waals surface area (Å²) >= 11 is 8.26. The van der Waals surface area contributed by atoms with Crippen molar-refractivity contribution < 1.29 is 4.10 Å². The van der Waals surface area contributed by atoms with Crippen molar-refractivity contribution in [1.82, 2.24) is 0 Å². The zero-order chi connectivity index (χ0) is 5.28. The summed E-state index contributed by atoms with van der Waals surface area (Å²) in [5.41, 5.74) is 0. The molecule has 0 aliphatic carbocycles. The Balaban J connectivity index is 2.89. The highest BCUT2D eigenvalue weighted by atomic mass is 32.1. The van der Waals surface area contributed by atoms with E-state index in [-0.39, 0.29) is 5.11 Å². The predicted molar refractivity (Wildman–Crippen MR) is 29.1 cm³/mol. The number of thiol groups is 1. The Kier molecular flexibility index (Phi) is 1.11. The maximum Gasteiger partial charge on any atom is 0.405 e. The van der Waals surface area contributed by atoms with Crippen LogP contribution in [0.15, 0.2) is 15.6 Å². The molecule has 0 unspecified atom stereocenters. The molecule has 1 aliphatic heterocycles. The molecule has 7 heavy (non-hydrogen) atoms. The third kappa shape index (κ3) is 0.804. The van der Waals surface area contributed by atoms with Crippen LogP contribution in [-0.4, -0.2) is 9.22 Å². The number of hydrogen-bond donors (Lipinski definition) is 1. The molecule has 1 rings (SSSR count). The Morgan fingerprint density at radius 1 is 1.71 bits per heavy atom. The second-order valence-corrected chi connectivity index (χ2v) is 1.59. The molecule has 0 saturated carbocycles. The van der Waals surface area contributed by atoms with Crippen LogP contribution in [0.5, 0.6) is 0 Å². The van der Waals surface area contributed by atoms with Crippen molar-refractivity contribution in [2.45, 2.75) is 0 Å². The molecule has 1 aliphatic rings. The minimum absolute atomic E-state index is 0.281. The Bertz CT molecular complexity index is 157. The summed E-state index contributed by atoms with van der Waals surface area (Å²) in [7, 11) is 0. The van der Waals surface area contributed by atoms with Crippen LogP contribution in [0.4, 0.5) is 0 Å². The fourth-order valence-electron chi connectivity index (χ4n) is 0.174. The average Bonchev–Trinajstić information content (AvgIpc) is 1.91. The second kappa shape index (κ2) is 1.63. The van der Waals surface area contributed by atoms with Gasteiger partial charge in [-0.15, -0.1) is 0 Å². The Labute approximate surface area is 50.5 Å². The molecule has 0 atom stereocenters. The van der Waals surface area contributed by atoms with E-state index in [1.807, 2.05) is 0 Å². The molecule has 0 aromatic heterocycles. The minimum atomic E-state index is 0.281. The van der Waals surface area contributed by atoms with E-state index in [9.17, 15) is 0 Å². The molecule has 0 spiro atoms. The lowest BCUT2D eigenvalue weighted by Gasteiger charge is -1.70. The van der Waals surface area contributed by atoms with Gasteiger partial charge in [-0.1, -0.05) is 4.10 Å². The van der Waals surface area contributed by atoms with Gasteiger partial charge in [0, 0.05) is 25.0 Å². The highest BCUT2D eigenvalue weighted by Crippen LogP contribution is 1.99. The summed E-state index contributed by atoms with van der Waals surface area (Å²) in [5.74, 6) is 0. The number of nitrogens with zero attached hydrogens (tertiary/aromatic N) is 4. The van der Waals surface area contributed by atoms with Gasteiger partial charge in [-0.05, 0) is 0 Å². The Morgan fingerprint density at radius 2 is 2.43 bits per heavy atom. The summed E-state index contributed by atoms with van der Waals surface area (Å²) in [6.45, 7) is 0. The van der Waals surface area contributed by atoms with Gasteiger partial charge in [0.25, 0.3) is 0 Å². The zero-order valence-electron chi connectivity index (χ0n) is 3.14. The van der Waals surface area contributed by atoms with E-state index in [0.717, 1.165) is 4.10 Å². The van der Waals surface area contributed by atoms with Gasteiger partial charge in [0.2, 0.25) is 5.22 Å². The van der Waals surface area contributed by atoms with E-state index in [2.05, 4.69) is 40.6 Å². The van der Waals surface area contributed by atoms with Crippen molar-refractivity contribution in [2.24, 2.45) is 15.6 Å². The van der Waals surface area contributed by atoms with E-state index >= 15 is 0 Å². The molecular formula is CHN4S2+. The van der Waals surface area contributed by atoms with Crippen molar-refractivity contribution in [3.63, 3.8) is 0 Å². The SMILES string of the molecule is S=C1N=NN=[N+]1S. The molecule has 0 aromatic rings. The fourth-order valence-corrected chi connectivity index (χ4v) is 0.323. The number of rotatable bonds is 0. The van der Waals surface area contributed by atoms with Gasteiger partial charge in [-0.3, -0.25) is 0 Å². The monoisotopic (exact) mass is 133 g/mol. The summed E-state index contributed by atoms with van der Waals surface area (Å²) in [6, 6.07) is 0. The first-order chi connectivity index (χ1) is 3.30. The van der Waals surface area contributed by atoms with Crippen LogP contribution in [0, 0.1) is 0 Å². The number of thiocarbonyl (C=S) groups is 1. The summed E-state index contributed by atoms with van der Waals surface area (Å²) in [5, 5.41) is 10.2. The molecule has 6 heteroatoms. The van der Waals surface area contributed by atoms with Crippen LogP contribution in [0.25, 0.3) is 0 Å². The molecule has 0 radical (unpaired) electrons. The molecule has 0 N–H and O–H groups in total. The van der Waals surface area contributed by atoms with Gasteiger partial charge in [-0.25, -0.2) is 0 Å². The van der Waals surface area contributed by atoms with Crippen LogP contribution in [-0.2, 0) is 0 Å². The molecule has 0 saturated heterocycles. The average molecular weight is 133 g/mol. The first kappa shape index (κ1) is 4.79. The second-order valence-electron chi connectivity index (χ2n) is 0.851. The topological polar surface area (TPSA) is 40.1 Å². The van der Waals surface area contributed by atoms with Crippen LogP contribution >= 0.6 is 25.0 Å². The van der Waals surface area contributed by atoms with E-state index in [0.29, 0.717) is 0 Å². The van der Waals surface area contributed by atoms with E-state index in [1.165, 1.54) is 0 Å². The van der Waals surface area contributed by atoms with Crippen molar-refractivity contribution >= 4 is 30.1 Å². The molecule has 0 fully saturated rings. The lowest BCUT2D eigenvalue weighted by Crippen LogP contribution is -1.95. The molecule has 1 heterocycles. The van der Waals surface area contributed by atoms with E-state index < -0.39 is 0 Å². The van der Waals surface area contributed by atoms with Crippen LogP contribution in [0.3, 0.4) is 0 Å². The first-order valence-corrected chi connectivity index (χ1v) is 2.26. The van der Waals surface area contributed by atoms with E-state index in [4.69, 9.17) is 0 Å². The fraction of sp³-hybridized carbons (Fsp3) is 0. The third-order valence-electron chi connectivity index (χ3n) is 0.426. The maximum atomic E-state index is 4.54. The largest absolute Gasteiger partial charge is 0.405 e. The molecule has 0 bridgehead atoms. The standard InChI is InChI=1S/CHN4S2/c6-1-2-3-4-5(1)7/h(H,2,4,6,7)/q+1. The highest BCUT2D eigenvalue weighted by molar-refractivity contribution is 7.81. The zero-order valence-corrected chi connectivity index (χ0v) is 4.86. The van der Waals surface area contributed by atoms with Crippen molar-refractivity contribution in [3.8, 4) is 0 Å². The van der Waals surface area contributed by atoms with Crippen molar-refractivity contribution in [1.29, 1.82) is 0 Å². The Hall–Kier alpha value is -0.360. The van der Waals surface area contributed by atoms with Gasteiger partial charge < -0.3 is 0 Å². The first-order valence-electron chi connectivity index (χ1n) is 1.45.